The Kier molecular flexibility index (Phi) is 6.58. The highest BCUT2D eigenvalue weighted by Gasteiger charge is 2.11. The molecule has 2 aromatic rings. The number of aryl methyl sites for hydroxylation is 1. The van der Waals surface area contributed by atoms with Gasteiger partial charge in [0.05, 0.1) is 12.1 Å². The summed E-state index contributed by atoms with van der Waals surface area (Å²) in [6, 6.07) is 6.94. The molecule has 6 nitrogen and oxygen atoms in total. The standard InChI is InChI=1S/C18H23ClN4O2/c1-11(2)7-8-20-18(24)15-10-17(22-12(3)21-15)23-13-5-6-16(25-4)14(19)9-13/h5-6,9-11H,7-8H2,1-4H3,(H,20,24)(H,21,22,23). The van der Waals surface area contributed by atoms with E-state index in [1.54, 1.807) is 32.2 Å². The van der Waals surface area contributed by atoms with Crippen LogP contribution in [-0.4, -0.2) is 29.5 Å². The minimum absolute atomic E-state index is 0.207. The summed E-state index contributed by atoms with van der Waals surface area (Å²) in [7, 11) is 1.56. The molecule has 0 unspecified atom stereocenters. The van der Waals surface area contributed by atoms with Gasteiger partial charge in [0, 0.05) is 18.3 Å². The number of hydrogen-bond acceptors (Lipinski definition) is 5. The highest BCUT2D eigenvalue weighted by molar-refractivity contribution is 6.32. The Morgan fingerprint density at radius 3 is 2.68 bits per heavy atom. The molecule has 0 bridgehead atoms. The minimum Gasteiger partial charge on any atom is -0.495 e. The van der Waals surface area contributed by atoms with Gasteiger partial charge in [-0.3, -0.25) is 4.79 Å². The number of carbonyl (C=O) groups excluding carboxylic acids is 1. The van der Waals surface area contributed by atoms with Gasteiger partial charge in [-0.1, -0.05) is 25.4 Å². The van der Waals surface area contributed by atoms with Crippen LogP contribution in [0.2, 0.25) is 5.02 Å². The predicted octanol–water partition coefficient (Wildman–Crippen LogP) is 3.97. The lowest BCUT2D eigenvalue weighted by Crippen LogP contribution is -2.26. The van der Waals surface area contributed by atoms with E-state index in [0.29, 0.717) is 40.6 Å². The fourth-order valence-corrected chi connectivity index (χ4v) is 2.46. The second kappa shape index (κ2) is 8.67. The van der Waals surface area contributed by atoms with Gasteiger partial charge in [0.15, 0.2) is 0 Å². The number of benzene rings is 1. The summed E-state index contributed by atoms with van der Waals surface area (Å²) in [6.07, 6.45) is 0.922. The molecule has 2 rings (SSSR count). The van der Waals surface area contributed by atoms with Gasteiger partial charge in [-0.25, -0.2) is 9.97 Å². The second-order valence-corrected chi connectivity index (χ2v) is 6.51. The van der Waals surface area contributed by atoms with Crippen molar-refractivity contribution in [3.05, 3.63) is 40.8 Å². The molecule has 0 saturated carbocycles. The molecule has 0 aliphatic rings. The Morgan fingerprint density at radius 1 is 1.28 bits per heavy atom. The summed E-state index contributed by atoms with van der Waals surface area (Å²) in [6.45, 7) is 6.60. The molecule has 0 aliphatic carbocycles. The number of nitrogens with one attached hydrogen (secondary N) is 2. The zero-order chi connectivity index (χ0) is 18.4. The Labute approximate surface area is 153 Å². The van der Waals surface area contributed by atoms with Crippen molar-refractivity contribution < 1.29 is 9.53 Å². The molecule has 134 valence electrons. The van der Waals surface area contributed by atoms with E-state index in [9.17, 15) is 4.79 Å². The molecule has 2 N–H and O–H groups in total. The molecule has 0 radical (unpaired) electrons. The number of halogens is 1. The number of methoxy groups -OCH3 is 1. The van der Waals surface area contributed by atoms with E-state index >= 15 is 0 Å². The van der Waals surface area contributed by atoms with Crippen LogP contribution in [0, 0.1) is 12.8 Å². The first-order chi connectivity index (χ1) is 11.9. The fourth-order valence-electron chi connectivity index (χ4n) is 2.20. The van der Waals surface area contributed by atoms with Gasteiger partial charge < -0.3 is 15.4 Å². The van der Waals surface area contributed by atoms with Crippen molar-refractivity contribution in [1.29, 1.82) is 0 Å². The van der Waals surface area contributed by atoms with E-state index in [1.165, 1.54) is 0 Å². The molecule has 0 spiro atoms. The van der Waals surface area contributed by atoms with Crippen LogP contribution in [0.1, 0.15) is 36.6 Å². The van der Waals surface area contributed by atoms with Gasteiger partial charge in [0.1, 0.15) is 23.1 Å². The summed E-state index contributed by atoms with van der Waals surface area (Å²) in [4.78, 5) is 20.8. The molecule has 7 heteroatoms. The van der Waals surface area contributed by atoms with Crippen LogP contribution in [0.15, 0.2) is 24.3 Å². The van der Waals surface area contributed by atoms with Gasteiger partial charge in [-0.15, -0.1) is 0 Å². The summed E-state index contributed by atoms with van der Waals surface area (Å²) < 4.78 is 5.14. The maximum atomic E-state index is 12.3. The number of hydrogen-bond donors (Lipinski definition) is 2. The molecule has 1 amide bonds. The van der Waals surface area contributed by atoms with E-state index in [-0.39, 0.29) is 5.91 Å². The number of aromatic nitrogens is 2. The van der Waals surface area contributed by atoms with Crippen LogP contribution in [-0.2, 0) is 0 Å². The average Bonchev–Trinajstić information content (AvgIpc) is 2.54. The van der Waals surface area contributed by atoms with E-state index in [2.05, 4.69) is 34.4 Å². The lowest BCUT2D eigenvalue weighted by molar-refractivity contribution is 0.0946. The van der Waals surface area contributed by atoms with Crippen molar-refractivity contribution in [2.24, 2.45) is 5.92 Å². The van der Waals surface area contributed by atoms with E-state index < -0.39 is 0 Å². The lowest BCUT2D eigenvalue weighted by atomic mass is 10.1. The van der Waals surface area contributed by atoms with E-state index in [4.69, 9.17) is 16.3 Å². The SMILES string of the molecule is COc1ccc(Nc2cc(C(=O)NCCC(C)C)nc(C)n2)cc1Cl. The van der Waals surface area contributed by atoms with Crippen LogP contribution in [0.25, 0.3) is 0 Å². The van der Waals surface area contributed by atoms with Crippen LogP contribution in [0.5, 0.6) is 5.75 Å². The molecule has 1 heterocycles. The maximum Gasteiger partial charge on any atom is 0.270 e. The van der Waals surface area contributed by atoms with E-state index in [0.717, 1.165) is 12.1 Å². The monoisotopic (exact) mass is 362 g/mol. The lowest BCUT2D eigenvalue weighted by Gasteiger charge is -2.11. The third-order valence-electron chi connectivity index (χ3n) is 3.50. The molecule has 0 saturated heterocycles. The molecule has 25 heavy (non-hydrogen) atoms. The van der Waals surface area contributed by atoms with Crippen LogP contribution in [0.4, 0.5) is 11.5 Å². The number of anilines is 2. The number of amides is 1. The number of ether oxygens (including phenoxy) is 1. The first-order valence-electron chi connectivity index (χ1n) is 8.13. The van der Waals surface area contributed by atoms with Gasteiger partial charge in [0.2, 0.25) is 0 Å². The van der Waals surface area contributed by atoms with Crippen molar-refractivity contribution in [3.8, 4) is 5.75 Å². The maximum absolute atomic E-state index is 12.3. The number of rotatable bonds is 7. The largest absolute Gasteiger partial charge is 0.495 e. The predicted molar refractivity (Wildman–Crippen MR) is 99.8 cm³/mol. The molecule has 0 fully saturated rings. The quantitative estimate of drug-likeness (QED) is 0.779. The van der Waals surface area contributed by atoms with E-state index in [1.807, 2.05) is 6.07 Å². The summed E-state index contributed by atoms with van der Waals surface area (Å²) in [5, 5.41) is 6.50. The fraction of sp³-hybridized carbons (Fsp3) is 0.389. The van der Waals surface area contributed by atoms with Crippen molar-refractivity contribution in [3.63, 3.8) is 0 Å². The molecular formula is C18H23ClN4O2. The third-order valence-corrected chi connectivity index (χ3v) is 3.80. The summed E-state index contributed by atoms with van der Waals surface area (Å²) in [5.74, 6) is 1.96. The zero-order valence-electron chi connectivity index (χ0n) is 14.9. The van der Waals surface area contributed by atoms with Crippen molar-refractivity contribution in [2.45, 2.75) is 27.2 Å². The molecule has 0 atom stereocenters. The molecule has 1 aromatic carbocycles. The average molecular weight is 363 g/mol. The van der Waals surface area contributed by atoms with Gasteiger partial charge >= 0.3 is 0 Å². The molecule has 1 aromatic heterocycles. The first-order valence-corrected chi connectivity index (χ1v) is 8.51. The van der Waals surface area contributed by atoms with Crippen molar-refractivity contribution in [1.82, 2.24) is 15.3 Å². The number of nitrogens with zero attached hydrogens (tertiary/aromatic N) is 2. The Hall–Kier alpha value is -2.34. The Balaban J connectivity index is 2.13. The Bertz CT molecular complexity index is 750. The van der Waals surface area contributed by atoms with Gasteiger partial charge in [-0.2, -0.15) is 0 Å². The van der Waals surface area contributed by atoms with Gasteiger partial charge in [-0.05, 0) is 37.5 Å². The Morgan fingerprint density at radius 2 is 2.04 bits per heavy atom. The summed E-state index contributed by atoms with van der Waals surface area (Å²) >= 11 is 6.13. The van der Waals surface area contributed by atoms with Gasteiger partial charge in [0.25, 0.3) is 5.91 Å². The topological polar surface area (TPSA) is 76.1 Å². The highest BCUT2D eigenvalue weighted by atomic mass is 35.5. The third kappa shape index (κ3) is 5.60. The number of carbonyl (C=O) groups is 1. The summed E-state index contributed by atoms with van der Waals surface area (Å²) in [5.41, 5.74) is 1.08. The minimum atomic E-state index is -0.207. The normalized spacial score (nSPS) is 10.6. The van der Waals surface area contributed by atoms with Crippen LogP contribution in [0.3, 0.4) is 0 Å². The first kappa shape index (κ1) is 19.0. The van der Waals surface area contributed by atoms with Crippen molar-refractivity contribution in [2.75, 3.05) is 19.0 Å². The smallest absolute Gasteiger partial charge is 0.270 e. The second-order valence-electron chi connectivity index (χ2n) is 6.10. The highest BCUT2D eigenvalue weighted by Crippen LogP contribution is 2.28. The molecular weight excluding hydrogens is 340 g/mol. The van der Waals surface area contributed by atoms with Crippen molar-refractivity contribution >= 4 is 29.0 Å². The van der Waals surface area contributed by atoms with Crippen LogP contribution >= 0.6 is 11.6 Å². The molecule has 0 aliphatic heterocycles. The van der Waals surface area contributed by atoms with Crippen LogP contribution < -0.4 is 15.4 Å². The zero-order valence-corrected chi connectivity index (χ0v) is 15.6.